The maximum absolute atomic E-state index is 9.20. The van der Waals surface area contributed by atoms with Crippen molar-refractivity contribution in [1.82, 2.24) is 5.32 Å². The Morgan fingerprint density at radius 2 is 2.00 bits per heavy atom. The zero-order chi connectivity index (χ0) is 13.7. The summed E-state index contributed by atoms with van der Waals surface area (Å²) >= 11 is 0. The molecule has 0 spiro atoms. The van der Waals surface area contributed by atoms with E-state index in [0.29, 0.717) is 6.54 Å². The molecule has 5 heteroatoms. The van der Waals surface area contributed by atoms with Crippen molar-refractivity contribution in [2.24, 2.45) is 5.11 Å². The van der Waals surface area contributed by atoms with Crippen LogP contribution in [-0.4, -0.2) is 18.6 Å². The summed E-state index contributed by atoms with van der Waals surface area (Å²) in [5, 5.41) is 15.9. The van der Waals surface area contributed by atoms with Crippen LogP contribution >= 0.6 is 0 Å². The van der Waals surface area contributed by atoms with Crippen molar-refractivity contribution >= 4 is 0 Å². The van der Waals surface area contributed by atoms with Gasteiger partial charge in [-0.15, -0.1) is 0 Å². The van der Waals surface area contributed by atoms with Gasteiger partial charge in [0.1, 0.15) is 5.54 Å². The molecule has 1 unspecified atom stereocenters. The van der Waals surface area contributed by atoms with Crippen molar-refractivity contribution < 1.29 is 0 Å². The van der Waals surface area contributed by atoms with Gasteiger partial charge in [-0.25, -0.2) is 0 Å². The topological polar surface area (TPSA) is 84.6 Å². The van der Waals surface area contributed by atoms with Crippen LogP contribution in [0.15, 0.2) is 5.11 Å². The van der Waals surface area contributed by atoms with E-state index in [1.54, 1.807) is 0 Å². The fourth-order valence-electron chi connectivity index (χ4n) is 1.82. The second-order valence-electron chi connectivity index (χ2n) is 4.84. The number of nitrogens with zero attached hydrogens (tertiary/aromatic N) is 4. The van der Waals surface area contributed by atoms with Crippen LogP contribution < -0.4 is 5.32 Å². The standard InChI is InChI=1S/C13H25N5/c1-3-4-5-6-7-9-13(2,12-14)16-10-8-11-17-18-15/h16H,3-11H2,1-2H3. The average Bonchev–Trinajstić information content (AvgIpc) is 2.38. The molecule has 0 saturated carbocycles. The van der Waals surface area contributed by atoms with Crippen LogP contribution in [0.2, 0.25) is 0 Å². The van der Waals surface area contributed by atoms with E-state index in [0.717, 1.165) is 25.8 Å². The highest BCUT2D eigenvalue weighted by Crippen LogP contribution is 2.15. The minimum absolute atomic E-state index is 0.442. The molecule has 0 saturated heterocycles. The highest BCUT2D eigenvalue weighted by atomic mass is 15.1. The molecule has 18 heavy (non-hydrogen) atoms. The summed E-state index contributed by atoms with van der Waals surface area (Å²) in [6.07, 6.45) is 7.73. The third-order valence-corrected chi connectivity index (χ3v) is 3.04. The normalized spacial score (nSPS) is 13.4. The molecule has 0 radical (unpaired) electrons. The van der Waals surface area contributed by atoms with Crippen molar-refractivity contribution in [2.45, 2.75) is 64.3 Å². The van der Waals surface area contributed by atoms with Gasteiger partial charge in [0.05, 0.1) is 6.07 Å². The van der Waals surface area contributed by atoms with Crippen molar-refractivity contribution in [1.29, 1.82) is 5.26 Å². The monoisotopic (exact) mass is 251 g/mol. The lowest BCUT2D eigenvalue weighted by atomic mass is 9.95. The second-order valence-corrected chi connectivity index (χ2v) is 4.84. The van der Waals surface area contributed by atoms with Crippen LogP contribution in [0.25, 0.3) is 10.4 Å². The SMILES string of the molecule is CCCCCCCC(C)(C#N)NCCCN=[N+]=[N-]. The fourth-order valence-corrected chi connectivity index (χ4v) is 1.82. The molecule has 0 aliphatic rings. The molecule has 0 heterocycles. The van der Waals surface area contributed by atoms with Gasteiger partial charge in [-0.1, -0.05) is 44.1 Å². The first-order chi connectivity index (χ1) is 8.68. The molecule has 0 aromatic heterocycles. The first-order valence-electron chi connectivity index (χ1n) is 6.85. The van der Waals surface area contributed by atoms with Crippen LogP contribution in [0.4, 0.5) is 0 Å². The zero-order valence-corrected chi connectivity index (χ0v) is 11.7. The average molecular weight is 251 g/mol. The predicted octanol–water partition coefficient (Wildman–Crippen LogP) is 3.92. The summed E-state index contributed by atoms with van der Waals surface area (Å²) in [6.45, 7) is 5.35. The van der Waals surface area contributed by atoms with E-state index in [4.69, 9.17) is 5.53 Å². The van der Waals surface area contributed by atoms with Gasteiger partial charge in [-0.2, -0.15) is 5.26 Å². The highest BCUT2D eigenvalue weighted by molar-refractivity contribution is 5.03. The van der Waals surface area contributed by atoms with Gasteiger partial charge in [0.25, 0.3) is 0 Å². The Hall–Kier alpha value is -1.24. The van der Waals surface area contributed by atoms with Crippen LogP contribution in [0.1, 0.15) is 58.8 Å². The summed E-state index contributed by atoms with van der Waals surface area (Å²) in [5.74, 6) is 0. The molecule has 102 valence electrons. The summed E-state index contributed by atoms with van der Waals surface area (Å²) in [6, 6.07) is 2.35. The summed E-state index contributed by atoms with van der Waals surface area (Å²) < 4.78 is 0. The predicted molar refractivity (Wildman–Crippen MR) is 74.0 cm³/mol. The molecule has 0 aliphatic heterocycles. The lowest BCUT2D eigenvalue weighted by Gasteiger charge is -2.23. The number of unbranched alkanes of at least 4 members (excludes halogenated alkanes) is 4. The van der Waals surface area contributed by atoms with Crippen molar-refractivity contribution in [2.75, 3.05) is 13.1 Å². The molecule has 1 N–H and O–H groups in total. The Kier molecular flexibility index (Phi) is 10.1. The van der Waals surface area contributed by atoms with Crippen molar-refractivity contribution in [3.63, 3.8) is 0 Å². The molecule has 1 atom stereocenters. The smallest absolute Gasteiger partial charge is 0.103 e. The number of azide groups is 1. The van der Waals surface area contributed by atoms with Crippen molar-refractivity contribution in [3.8, 4) is 6.07 Å². The molecular weight excluding hydrogens is 226 g/mol. The van der Waals surface area contributed by atoms with E-state index in [-0.39, 0.29) is 0 Å². The van der Waals surface area contributed by atoms with Gasteiger partial charge in [-0.3, -0.25) is 5.32 Å². The van der Waals surface area contributed by atoms with Gasteiger partial charge in [0, 0.05) is 11.5 Å². The lowest BCUT2D eigenvalue weighted by molar-refractivity contribution is 0.396. The summed E-state index contributed by atoms with van der Waals surface area (Å²) in [5.41, 5.74) is 7.70. The van der Waals surface area contributed by atoms with E-state index >= 15 is 0 Å². The largest absolute Gasteiger partial charge is 0.300 e. The molecule has 0 amide bonds. The summed E-state index contributed by atoms with van der Waals surface area (Å²) in [4.78, 5) is 2.70. The Bertz CT molecular complexity index is 290. The Morgan fingerprint density at radius 1 is 1.28 bits per heavy atom. The maximum Gasteiger partial charge on any atom is 0.103 e. The van der Waals surface area contributed by atoms with Crippen LogP contribution in [0.3, 0.4) is 0 Å². The molecule has 0 aromatic rings. The minimum atomic E-state index is -0.442. The third-order valence-electron chi connectivity index (χ3n) is 3.04. The Morgan fingerprint density at radius 3 is 2.61 bits per heavy atom. The molecule has 0 bridgehead atoms. The van der Waals surface area contributed by atoms with Crippen LogP contribution in [-0.2, 0) is 0 Å². The van der Waals surface area contributed by atoms with E-state index in [2.05, 4.69) is 28.3 Å². The number of hydrogen-bond donors (Lipinski definition) is 1. The van der Waals surface area contributed by atoms with E-state index in [1.807, 2.05) is 6.92 Å². The first-order valence-corrected chi connectivity index (χ1v) is 6.85. The van der Waals surface area contributed by atoms with Crippen LogP contribution in [0.5, 0.6) is 0 Å². The number of nitrogens with one attached hydrogen (secondary N) is 1. The number of nitriles is 1. The van der Waals surface area contributed by atoms with Gasteiger partial charge < -0.3 is 0 Å². The second kappa shape index (κ2) is 10.9. The Balaban J connectivity index is 3.74. The van der Waals surface area contributed by atoms with Gasteiger partial charge in [0.15, 0.2) is 0 Å². The lowest BCUT2D eigenvalue weighted by Crippen LogP contribution is -2.41. The zero-order valence-electron chi connectivity index (χ0n) is 11.7. The molecule has 0 rings (SSSR count). The highest BCUT2D eigenvalue weighted by Gasteiger charge is 2.21. The molecule has 0 aliphatic carbocycles. The first kappa shape index (κ1) is 16.8. The summed E-state index contributed by atoms with van der Waals surface area (Å²) in [7, 11) is 0. The fraction of sp³-hybridized carbons (Fsp3) is 0.923. The third kappa shape index (κ3) is 8.86. The quantitative estimate of drug-likeness (QED) is 0.261. The molecule has 0 aromatic carbocycles. The van der Waals surface area contributed by atoms with Crippen LogP contribution in [0, 0.1) is 11.3 Å². The number of hydrogen-bond acceptors (Lipinski definition) is 3. The maximum atomic E-state index is 9.20. The van der Waals surface area contributed by atoms with Gasteiger partial charge in [-0.05, 0) is 31.8 Å². The molecule has 0 fully saturated rings. The van der Waals surface area contributed by atoms with Crippen molar-refractivity contribution in [3.05, 3.63) is 10.4 Å². The molecule has 5 nitrogen and oxygen atoms in total. The number of rotatable bonds is 11. The van der Waals surface area contributed by atoms with Gasteiger partial charge >= 0.3 is 0 Å². The van der Waals surface area contributed by atoms with Gasteiger partial charge in [0.2, 0.25) is 0 Å². The van der Waals surface area contributed by atoms with E-state index < -0.39 is 5.54 Å². The molecular formula is C13H25N5. The van der Waals surface area contributed by atoms with E-state index in [1.165, 1.54) is 25.7 Å². The van der Waals surface area contributed by atoms with E-state index in [9.17, 15) is 5.26 Å². The Labute approximate surface area is 110 Å². The minimum Gasteiger partial charge on any atom is -0.300 e.